The van der Waals surface area contributed by atoms with Gasteiger partial charge < -0.3 is 37.9 Å². The minimum atomic E-state index is 0.468. The van der Waals surface area contributed by atoms with E-state index < -0.39 is 0 Å². The second kappa shape index (κ2) is 39.1. The van der Waals surface area contributed by atoms with Gasteiger partial charge in [0.05, 0.1) is 26.4 Å². The molecule has 0 saturated carbocycles. The van der Waals surface area contributed by atoms with E-state index in [0.29, 0.717) is 90.7 Å². The predicted molar refractivity (Wildman–Crippen MR) is 407 cm³/mol. The van der Waals surface area contributed by atoms with Gasteiger partial charge in [-0.2, -0.15) is 0 Å². The molecule has 0 aromatic heterocycles. The Morgan fingerprint density at radius 1 is 0.200 bits per heavy atom. The molecular formula is C90H82Cl2O8. The fourth-order valence-corrected chi connectivity index (χ4v) is 11.7. The first-order valence-corrected chi connectivity index (χ1v) is 34.9. The van der Waals surface area contributed by atoms with Crippen molar-refractivity contribution in [3.63, 3.8) is 0 Å². The fraction of sp³-hybridized carbons (Fsp3) is 0.156. The molecule has 0 radical (unpaired) electrons. The van der Waals surface area contributed by atoms with E-state index in [0.717, 1.165) is 124 Å². The van der Waals surface area contributed by atoms with Crippen LogP contribution in [0.5, 0.6) is 34.5 Å². The van der Waals surface area contributed by atoms with Crippen LogP contribution < -0.4 is 28.4 Å². The van der Waals surface area contributed by atoms with E-state index in [1.807, 2.05) is 182 Å². The Bertz CT molecular complexity index is 4070. The maximum absolute atomic E-state index is 6.48. The summed E-state index contributed by atoms with van der Waals surface area (Å²) in [6, 6.07) is 111. The average molecular weight is 1360 g/mol. The van der Waals surface area contributed by atoms with Crippen LogP contribution in [-0.4, -0.2) is 38.2 Å². The molecule has 0 aliphatic rings. The van der Waals surface area contributed by atoms with Crippen molar-refractivity contribution in [2.75, 3.05) is 38.2 Å². The van der Waals surface area contributed by atoms with Gasteiger partial charge >= 0.3 is 0 Å². The van der Waals surface area contributed by atoms with Gasteiger partial charge in [-0.15, -0.1) is 23.2 Å². The Morgan fingerprint density at radius 2 is 0.400 bits per heavy atom. The molecular weight excluding hydrogens is 1280 g/mol. The highest BCUT2D eigenvalue weighted by Crippen LogP contribution is 2.39. The molecule has 8 nitrogen and oxygen atoms in total. The molecule has 0 saturated heterocycles. The van der Waals surface area contributed by atoms with E-state index in [2.05, 4.69) is 146 Å². The van der Waals surface area contributed by atoms with Crippen LogP contribution in [0.15, 0.2) is 328 Å². The summed E-state index contributed by atoms with van der Waals surface area (Å²) in [5.41, 5.74) is 17.8. The number of halogens is 2. The molecule has 0 amide bonds. The molecule has 0 heterocycles. The van der Waals surface area contributed by atoms with Gasteiger partial charge in [0.25, 0.3) is 0 Å². The van der Waals surface area contributed by atoms with Crippen LogP contribution in [0.25, 0.3) is 22.3 Å². The first-order valence-electron chi connectivity index (χ1n) is 33.9. The van der Waals surface area contributed by atoms with Crippen LogP contribution in [0.2, 0.25) is 0 Å². The Balaban J connectivity index is 0.000000202. The number of alkyl halides is 2. The van der Waals surface area contributed by atoms with E-state index in [1.54, 1.807) is 0 Å². The number of hydrogen-bond acceptors (Lipinski definition) is 8. The van der Waals surface area contributed by atoms with Crippen molar-refractivity contribution in [1.29, 1.82) is 0 Å². The first-order chi connectivity index (χ1) is 49.5. The largest absolute Gasteiger partial charge is 0.491 e. The summed E-state index contributed by atoms with van der Waals surface area (Å²) >= 11 is 13.0. The first kappa shape index (κ1) is 70.7. The number of ether oxygens (including phenoxy) is 8. The lowest BCUT2D eigenvalue weighted by Gasteiger charge is -2.18. The van der Waals surface area contributed by atoms with Crippen molar-refractivity contribution < 1.29 is 37.9 Å². The summed E-state index contributed by atoms with van der Waals surface area (Å²) in [5, 5.41) is 0. The summed E-state index contributed by atoms with van der Waals surface area (Å²) in [4.78, 5) is 0. The molecule has 12 aromatic carbocycles. The minimum absolute atomic E-state index is 0.468. The van der Waals surface area contributed by atoms with Crippen LogP contribution in [0.4, 0.5) is 0 Å². The highest BCUT2D eigenvalue weighted by molar-refractivity contribution is 6.19. The zero-order chi connectivity index (χ0) is 68.4. The molecule has 0 spiro atoms. The predicted octanol–water partition coefficient (Wildman–Crippen LogP) is 22.1. The standard InChI is InChI=1S/2C45H41ClO4/c2*46-29-28-44(38-16-22-42(23-17-38)49-33-36-12-6-2-7-13-36)45(40-20-26-43(27-21-40)50-34-37-14-8-3-9-15-37)39-18-24-41(25-19-39)48-31-30-47-32-35-10-4-1-5-11-35/h2*1-27H,28-34H2. The monoisotopic (exact) mass is 1360 g/mol. The zero-order valence-corrected chi connectivity index (χ0v) is 57.6. The number of hydrogen-bond donors (Lipinski definition) is 0. The van der Waals surface area contributed by atoms with Gasteiger partial charge in [0, 0.05) is 11.8 Å². The van der Waals surface area contributed by atoms with Crippen molar-refractivity contribution in [3.8, 4) is 34.5 Å². The van der Waals surface area contributed by atoms with Crippen LogP contribution in [0.1, 0.15) is 79.6 Å². The molecule has 0 aliphatic heterocycles. The van der Waals surface area contributed by atoms with Crippen molar-refractivity contribution >= 4 is 45.5 Å². The SMILES string of the molecule is ClCCC(=C(c1ccc(OCCOCc2ccccc2)cc1)c1ccc(OCc2ccccc2)cc1)c1ccc(OCc2ccccc2)cc1.ClCCC(=C(c1ccc(OCCOCc2ccccc2)cc1)c1ccc(OCc2ccccc2)cc1)c1ccc(OCc2ccccc2)cc1. The van der Waals surface area contributed by atoms with Crippen molar-refractivity contribution in [2.45, 2.75) is 52.5 Å². The molecule has 0 bridgehead atoms. The highest BCUT2D eigenvalue weighted by atomic mass is 35.5. The third-order valence-electron chi connectivity index (χ3n) is 16.5. The molecule has 12 rings (SSSR count). The van der Waals surface area contributed by atoms with Crippen LogP contribution >= 0.6 is 23.2 Å². The van der Waals surface area contributed by atoms with Crippen molar-refractivity contribution in [3.05, 3.63) is 394 Å². The van der Waals surface area contributed by atoms with Crippen LogP contribution in [0.3, 0.4) is 0 Å². The van der Waals surface area contributed by atoms with E-state index in [1.165, 1.54) is 0 Å². The van der Waals surface area contributed by atoms with E-state index >= 15 is 0 Å². The molecule has 12 aromatic rings. The fourth-order valence-electron chi connectivity index (χ4n) is 11.4. The summed E-state index contributed by atoms with van der Waals surface area (Å²) in [7, 11) is 0. The van der Waals surface area contributed by atoms with Gasteiger partial charge in [-0.1, -0.05) is 255 Å². The Hall–Kier alpha value is -10.6. The molecule has 504 valence electrons. The van der Waals surface area contributed by atoms with Gasteiger partial charge in [-0.25, -0.2) is 0 Å². The molecule has 0 fully saturated rings. The van der Waals surface area contributed by atoms with Gasteiger partial charge in [0.2, 0.25) is 0 Å². The molecule has 0 unspecified atom stereocenters. The maximum Gasteiger partial charge on any atom is 0.119 e. The van der Waals surface area contributed by atoms with E-state index in [4.69, 9.17) is 61.1 Å². The third-order valence-corrected chi connectivity index (χ3v) is 16.9. The lowest BCUT2D eigenvalue weighted by Crippen LogP contribution is -2.06. The lowest BCUT2D eigenvalue weighted by atomic mass is 9.88. The molecule has 10 heteroatoms. The minimum Gasteiger partial charge on any atom is -0.491 e. The summed E-state index contributed by atoms with van der Waals surface area (Å²) in [5.74, 6) is 5.81. The molecule has 0 atom stereocenters. The second-order valence-electron chi connectivity index (χ2n) is 23.6. The molecule has 0 aliphatic carbocycles. The third kappa shape index (κ3) is 22.2. The second-order valence-corrected chi connectivity index (χ2v) is 24.4. The van der Waals surface area contributed by atoms with Gasteiger partial charge in [-0.3, -0.25) is 0 Å². The number of allylic oxidation sites excluding steroid dienone is 2. The van der Waals surface area contributed by atoms with Crippen LogP contribution in [0, 0.1) is 0 Å². The number of benzene rings is 12. The zero-order valence-electron chi connectivity index (χ0n) is 56.1. The smallest absolute Gasteiger partial charge is 0.119 e. The Labute approximate surface area is 599 Å². The Kier molecular flexibility index (Phi) is 27.7. The summed E-state index contributed by atoms with van der Waals surface area (Å²) < 4.78 is 48.1. The lowest BCUT2D eigenvalue weighted by molar-refractivity contribution is 0.0889. The van der Waals surface area contributed by atoms with E-state index in [9.17, 15) is 0 Å². The van der Waals surface area contributed by atoms with Gasteiger partial charge in [0.15, 0.2) is 0 Å². The summed E-state index contributed by atoms with van der Waals surface area (Å²) in [6.45, 7) is 5.13. The maximum atomic E-state index is 6.48. The van der Waals surface area contributed by atoms with Crippen molar-refractivity contribution in [2.24, 2.45) is 0 Å². The Morgan fingerprint density at radius 3 is 0.620 bits per heavy atom. The highest BCUT2D eigenvalue weighted by Gasteiger charge is 2.18. The topological polar surface area (TPSA) is 73.8 Å². The van der Waals surface area contributed by atoms with E-state index in [-0.39, 0.29) is 0 Å². The molecule has 100 heavy (non-hydrogen) atoms. The van der Waals surface area contributed by atoms with Gasteiger partial charge in [0.1, 0.15) is 74.1 Å². The number of rotatable bonds is 34. The average Bonchev–Trinajstić information content (AvgIpc) is 0.803. The summed E-state index contributed by atoms with van der Waals surface area (Å²) in [6.07, 6.45) is 1.37. The normalized spacial score (nSPS) is 11.5. The van der Waals surface area contributed by atoms with Crippen molar-refractivity contribution in [1.82, 2.24) is 0 Å². The molecule has 0 N–H and O–H groups in total. The quantitative estimate of drug-likeness (QED) is 0.0224. The van der Waals surface area contributed by atoms with Crippen LogP contribution in [-0.2, 0) is 49.1 Å². The van der Waals surface area contributed by atoms with Gasteiger partial charge in [-0.05, 0) is 175 Å².